The molecule has 1 aliphatic carbocycles. The third kappa shape index (κ3) is 9.19. The maximum absolute atomic E-state index is 13.0. The zero-order chi connectivity index (χ0) is 32.6. The summed E-state index contributed by atoms with van der Waals surface area (Å²) in [4.78, 5) is 31.3. The lowest BCUT2D eigenvalue weighted by atomic mass is 9.88. The average Bonchev–Trinajstić information content (AvgIpc) is 3.07. The normalized spacial score (nSPS) is 25.3. The molecule has 2 aliphatic heterocycles. The molecule has 1 amide bonds. The number of pyridine rings is 1. The lowest BCUT2D eigenvalue weighted by Crippen LogP contribution is -2.51. The maximum Gasteiger partial charge on any atom is 0.264 e. The Labute approximate surface area is 271 Å². The van der Waals surface area contributed by atoms with Crippen LogP contribution in [0.15, 0.2) is 47.4 Å². The summed E-state index contributed by atoms with van der Waals surface area (Å²) < 4.78 is 48.4. The van der Waals surface area contributed by atoms with Crippen molar-refractivity contribution in [3.8, 4) is 16.9 Å². The number of nitrogens with one attached hydrogen (secondary N) is 1. The van der Waals surface area contributed by atoms with Crippen molar-refractivity contribution in [1.82, 2.24) is 10.0 Å². The molecule has 2 aromatic rings. The number of ether oxygens (including phenoxy) is 4. The standard InChI is InChI=1S/C34H48N2O9S/c1-34(46(2,39)40,33(38)35-45-32-8-4-6-22-42-32)18-20-36-19-17-27(23-30(36)37)26-11-15-28(16-12-26)43-24-25-9-13-29(14-10-25)44-31-7-3-5-21-41-31/h11-12,15-17,19,23,25,29,31-32H,3-10,13-14,18,20-22,24H2,1-2H3,(H,35,38)/t25?,29?,31?,32?,34-/m1/s1. The Hall–Kier alpha value is -2.77. The van der Waals surface area contributed by atoms with Gasteiger partial charge >= 0.3 is 0 Å². The number of amides is 1. The highest BCUT2D eigenvalue weighted by Crippen LogP contribution is 2.30. The van der Waals surface area contributed by atoms with Crippen LogP contribution in [0.3, 0.4) is 0 Å². The van der Waals surface area contributed by atoms with Crippen LogP contribution in [0.2, 0.25) is 0 Å². The Morgan fingerprint density at radius 3 is 2.22 bits per heavy atom. The molecule has 1 saturated carbocycles. The number of sulfone groups is 1. The summed E-state index contributed by atoms with van der Waals surface area (Å²) in [6, 6.07) is 11.0. The largest absolute Gasteiger partial charge is 0.493 e. The lowest BCUT2D eigenvalue weighted by Gasteiger charge is -2.32. The fraction of sp³-hybridized carbons (Fsp3) is 0.647. The summed E-state index contributed by atoms with van der Waals surface area (Å²) in [5, 5.41) is 0. The smallest absolute Gasteiger partial charge is 0.264 e. The number of hydroxylamine groups is 1. The van der Waals surface area contributed by atoms with E-state index in [2.05, 4.69) is 5.48 Å². The molecule has 3 aliphatic rings. The fourth-order valence-corrected chi connectivity index (χ4v) is 6.97. The number of nitrogens with zero attached hydrogens (tertiary/aromatic N) is 1. The van der Waals surface area contributed by atoms with Crippen molar-refractivity contribution < 1.29 is 37.0 Å². The molecular formula is C34H48N2O9S. The second-order valence-electron chi connectivity index (χ2n) is 13.0. The predicted octanol–water partition coefficient (Wildman–Crippen LogP) is 4.76. The number of aromatic nitrogens is 1. The molecule has 11 nitrogen and oxygen atoms in total. The Bertz CT molecular complexity index is 1440. The topological polar surface area (TPSA) is 131 Å². The van der Waals surface area contributed by atoms with Gasteiger partial charge in [0.15, 0.2) is 27.2 Å². The van der Waals surface area contributed by atoms with E-state index in [1.165, 1.54) is 24.0 Å². The van der Waals surface area contributed by atoms with Gasteiger partial charge < -0.3 is 23.5 Å². The second kappa shape index (κ2) is 15.9. The van der Waals surface area contributed by atoms with Crippen molar-refractivity contribution in [3.63, 3.8) is 0 Å². The molecule has 2 unspecified atom stereocenters. The highest BCUT2D eigenvalue weighted by molar-refractivity contribution is 7.92. The molecule has 3 heterocycles. The van der Waals surface area contributed by atoms with E-state index in [1.54, 1.807) is 12.3 Å². The molecule has 0 radical (unpaired) electrons. The van der Waals surface area contributed by atoms with E-state index in [0.29, 0.717) is 25.6 Å². The van der Waals surface area contributed by atoms with E-state index in [9.17, 15) is 18.0 Å². The molecule has 1 aromatic carbocycles. The minimum atomic E-state index is -3.85. The second-order valence-corrected chi connectivity index (χ2v) is 15.4. The van der Waals surface area contributed by atoms with Crippen LogP contribution in [0.25, 0.3) is 11.1 Å². The Morgan fingerprint density at radius 1 is 0.935 bits per heavy atom. The molecule has 1 aromatic heterocycles. The van der Waals surface area contributed by atoms with E-state index in [4.69, 9.17) is 23.8 Å². The van der Waals surface area contributed by atoms with E-state index < -0.39 is 26.8 Å². The molecule has 5 rings (SSSR count). The summed E-state index contributed by atoms with van der Waals surface area (Å²) in [6.07, 6.45) is 12.1. The zero-order valence-electron chi connectivity index (χ0n) is 27.0. The SMILES string of the molecule is C[C@@](CCn1ccc(-c2ccc(OCC3CCC(OC4CCCCO4)CC3)cc2)cc1=O)(C(=O)NOC1CCCCO1)S(C)(=O)=O. The van der Waals surface area contributed by atoms with Gasteiger partial charge in [0.1, 0.15) is 5.75 Å². The van der Waals surface area contributed by atoms with Crippen molar-refractivity contribution in [1.29, 1.82) is 0 Å². The van der Waals surface area contributed by atoms with Crippen LogP contribution in [0.5, 0.6) is 5.75 Å². The number of hydrogen-bond acceptors (Lipinski definition) is 9. The Balaban J connectivity index is 1.10. The molecule has 1 N–H and O–H groups in total. The highest BCUT2D eigenvalue weighted by atomic mass is 32.2. The molecule has 12 heteroatoms. The third-order valence-electron chi connectivity index (χ3n) is 9.49. The molecule has 254 valence electrons. The van der Waals surface area contributed by atoms with Crippen LogP contribution in [0.4, 0.5) is 0 Å². The molecule has 46 heavy (non-hydrogen) atoms. The van der Waals surface area contributed by atoms with Crippen LogP contribution in [-0.4, -0.2) is 68.4 Å². The molecule has 3 atom stereocenters. The van der Waals surface area contributed by atoms with Crippen molar-refractivity contribution in [2.75, 3.05) is 26.1 Å². The summed E-state index contributed by atoms with van der Waals surface area (Å²) >= 11 is 0. The number of benzene rings is 1. The maximum atomic E-state index is 13.0. The van der Waals surface area contributed by atoms with Gasteiger partial charge in [0.05, 0.1) is 12.7 Å². The summed E-state index contributed by atoms with van der Waals surface area (Å²) in [7, 11) is -3.85. The molecule has 0 bridgehead atoms. The van der Waals surface area contributed by atoms with E-state index >= 15 is 0 Å². The highest BCUT2D eigenvalue weighted by Gasteiger charge is 2.44. The fourth-order valence-electron chi connectivity index (χ4n) is 6.13. The molecule has 0 spiro atoms. The number of aryl methyl sites for hydroxylation is 1. The van der Waals surface area contributed by atoms with E-state index in [0.717, 1.165) is 81.1 Å². The quantitative estimate of drug-likeness (QED) is 0.302. The zero-order valence-corrected chi connectivity index (χ0v) is 27.8. The first kappa shape index (κ1) is 34.6. The van der Waals surface area contributed by atoms with Crippen molar-refractivity contribution in [3.05, 3.63) is 52.9 Å². The first-order valence-electron chi connectivity index (χ1n) is 16.6. The van der Waals surface area contributed by atoms with Gasteiger partial charge in [0, 0.05) is 44.7 Å². The van der Waals surface area contributed by atoms with Crippen LogP contribution in [-0.2, 0) is 40.2 Å². The number of rotatable bonds is 13. The monoisotopic (exact) mass is 660 g/mol. The van der Waals surface area contributed by atoms with Gasteiger partial charge in [0.25, 0.3) is 11.5 Å². The number of hydrogen-bond donors (Lipinski definition) is 1. The number of carbonyl (C=O) groups excluding carboxylic acids is 1. The first-order chi connectivity index (χ1) is 22.1. The van der Waals surface area contributed by atoms with Crippen LogP contribution in [0.1, 0.15) is 77.6 Å². The molecular weight excluding hydrogens is 612 g/mol. The van der Waals surface area contributed by atoms with Crippen molar-refractivity contribution >= 4 is 15.7 Å². The van der Waals surface area contributed by atoms with Gasteiger partial charge in [-0.3, -0.25) is 9.59 Å². The Morgan fingerprint density at radius 2 is 1.61 bits per heavy atom. The van der Waals surface area contributed by atoms with Gasteiger partial charge in [-0.25, -0.2) is 18.7 Å². The van der Waals surface area contributed by atoms with Gasteiger partial charge in [-0.2, -0.15) is 0 Å². The lowest BCUT2D eigenvalue weighted by molar-refractivity contribution is -0.201. The van der Waals surface area contributed by atoms with Crippen LogP contribution in [0, 0.1) is 5.92 Å². The average molecular weight is 661 g/mol. The summed E-state index contributed by atoms with van der Waals surface area (Å²) in [5.41, 5.74) is 3.58. The summed E-state index contributed by atoms with van der Waals surface area (Å²) in [6.45, 7) is 3.36. The van der Waals surface area contributed by atoms with Gasteiger partial charge in [-0.05, 0) is 106 Å². The van der Waals surface area contributed by atoms with E-state index in [-0.39, 0.29) is 30.9 Å². The van der Waals surface area contributed by atoms with Crippen molar-refractivity contribution in [2.24, 2.45) is 5.92 Å². The van der Waals surface area contributed by atoms with Crippen LogP contribution < -0.4 is 15.8 Å². The molecule has 2 saturated heterocycles. The van der Waals surface area contributed by atoms with E-state index in [1.807, 2.05) is 24.3 Å². The minimum Gasteiger partial charge on any atom is -0.493 e. The minimum absolute atomic E-state index is 0.0329. The van der Waals surface area contributed by atoms with Gasteiger partial charge in [0.2, 0.25) is 0 Å². The van der Waals surface area contributed by atoms with Crippen molar-refractivity contribution in [2.45, 2.75) is 108 Å². The Kier molecular flexibility index (Phi) is 11.9. The third-order valence-corrected chi connectivity index (χ3v) is 11.5. The number of carbonyl (C=O) groups is 1. The summed E-state index contributed by atoms with van der Waals surface area (Å²) in [5.74, 6) is 0.486. The van der Waals surface area contributed by atoms with Gasteiger partial charge in [-0.1, -0.05) is 12.1 Å². The first-order valence-corrected chi connectivity index (χ1v) is 18.5. The predicted molar refractivity (Wildman–Crippen MR) is 173 cm³/mol. The molecule has 3 fully saturated rings. The van der Waals surface area contributed by atoms with Gasteiger partial charge in [-0.15, -0.1) is 0 Å². The van der Waals surface area contributed by atoms with Crippen LogP contribution >= 0.6 is 0 Å².